The van der Waals surface area contributed by atoms with Gasteiger partial charge in [0.15, 0.2) is 11.5 Å². The second-order valence-corrected chi connectivity index (χ2v) is 14.0. The highest BCUT2D eigenvalue weighted by Gasteiger charge is 2.31. The largest absolute Gasteiger partial charge is 0.493 e. The van der Waals surface area contributed by atoms with Crippen molar-refractivity contribution in [3.8, 4) is 11.5 Å². The molecule has 4 atom stereocenters. The minimum atomic E-state index is -0.951. The Labute approximate surface area is 266 Å². The van der Waals surface area contributed by atoms with Crippen LogP contribution in [0.3, 0.4) is 0 Å². The molecule has 0 saturated carbocycles. The van der Waals surface area contributed by atoms with Gasteiger partial charge in [-0.2, -0.15) is 0 Å². The molecule has 0 bridgehead atoms. The third-order valence-corrected chi connectivity index (χ3v) is 7.26. The van der Waals surface area contributed by atoms with E-state index >= 15 is 0 Å². The van der Waals surface area contributed by atoms with Crippen molar-refractivity contribution < 1.29 is 33.6 Å². The van der Waals surface area contributed by atoms with Crippen molar-refractivity contribution in [2.45, 2.75) is 111 Å². The smallest absolute Gasteiger partial charge is 0.407 e. The van der Waals surface area contributed by atoms with Crippen molar-refractivity contribution >= 4 is 12.0 Å². The molecule has 0 aliphatic heterocycles. The number of carbonyl (C=O) groups is 2. The predicted molar refractivity (Wildman–Crippen MR) is 175 cm³/mol. The van der Waals surface area contributed by atoms with Crippen LogP contribution in [-0.2, 0) is 20.7 Å². The van der Waals surface area contributed by atoms with Crippen LogP contribution in [0.15, 0.2) is 18.2 Å². The van der Waals surface area contributed by atoms with Crippen molar-refractivity contribution in [1.82, 2.24) is 16.0 Å². The van der Waals surface area contributed by atoms with Gasteiger partial charge in [0.25, 0.3) is 0 Å². The van der Waals surface area contributed by atoms with Crippen LogP contribution in [0.25, 0.3) is 0 Å². The number of methoxy groups -OCH3 is 2. The Hall–Kier alpha value is -2.56. The topological polar surface area (TPSA) is 127 Å². The van der Waals surface area contributed by atoms with Gasteiger partial charge in [0.1, 0.15) is 5.60 Å². The van der Waals surface area contributed by atoms with Crippen LogP contribution >= 0.6 is 0 Å². The molecule has 0 saturated heterocycles. The molecule has 1 rings (SSSR count). The lowest BCUT2D eigenvalue weighted by molar-refractivity contribution is -0.125. The summed E-state index contributed by atoms with van der Waals surface area (Å²) in [6.45, 7) is 19.9. The van der Waals surface area contributed by atoms with E-state index in [0.717, 1.165) is 12.0 Å². The first-order chi connectivity index (χ1) is 20.5. The van der Waals surface area contributed by atoms with Crippen LogP contribution in [0.5, 0.6) is 11.5 Å². The number of rotatable bonds is 19. The molecule has 4 N–H and O–H groups in total. The van der Waals surface area contributed by atoms with Gasteiger partial charge in [0.05, 0.1) is 25.9 Å². The van der Waals surface area contributed by atoms with E-state index in [9.17, 15) is 14.7 Å². The zero-order valence-electron chi connectivity index (χ0n) is 29.2. The first kappa shape index (κ1) is 39.5. The minimum absolute atomic E-state index is 0.0372. The summed E-state index contributed by atoms with van der Waals surface area (Å²) in [5, 5.41) is 20.6. The molecule has 10 heteroatoms. The Morgan fingerprint density at radius 1 is 0.932 bits per heavy atom. The highest BCUT2D eigenvalue weighted by Crippen LogP contribution is 2.32. The summed E-state index contributed by atoms with van der Waals surface area (Å²) in [6.07, 6.45) is 0.618. The molecule has 0 fully saturated rings. The molecule has 0 aromatic heterocycles. The quantitative estimate of drug-likeness (QED) is 0.157. The number of hydrogen-bond donors (Lipinski definition) is 4. The van der Waals surface area contributed by atoms with Crippen LogP contribution in [0.1, 0.15) is 87.1 Å². The van der Waals surface area contributed by atoms with E-state index in [1.54, 1.807) is 41.9 Å². The fourth-order valence-electron chi connectivity index (χ4n) is 4.77. The molecular formula is C34H61N3O7. The van der Waals surface area contributed by atoms with E-state index in [2.05, 4.69) is 50.6 Å². The highest BCUT2D eigenvalue weighted by atomic mass is 16.6. The Balaban J connectivity index is 3.06. The van der Waals surface area contributed by atoms with Gasteiger partial charge in [0, 0.05) is 44.7 Å². The van der Waals surface area contributed by atoms with E-state index < -0.39 is 29.8 Å². The molecule has 0 unspecified atom stereocenters. The van der Waals surface area contributed by atoms with Crippen LogP contribution in [0.2, 0.25) is 0 Å². The number of nitrogens with one attached hydrogen (secondary N) is 3. The number of alkyl carbamates (subject to hydrolysis) is 1. The summed E-state index contributed by atoms with van der Waals surface area (Å²) in [4.78, 5) is 25.7. The Kier molecular flexibility index (Phi) is 17.1. The normalized spacial score (nSPS) is 14.8. The van der Waals surface area contributed by atoms with E-state index in [0.29, 0.717) is 50.6 Å². The van der Waals surface area contributed by atoms with Crippen molar-refractivity contribution in [2.24, 2.45) is 17.8 Å². The Morgan fingerprint density at radius 2 is 1.61 bits per heavy atom. The summed E-state index contributed by atoms with van der Waals surface area (Å²) < 4.78 is 22.2. The molecule has 1 aromatic carbocycles. The van der Waals surface area contributed by atoms with Gasteiger partial charge >= 0.3 is 6.09 Å². The molecule has 0 aliphatic carbocycles. The zero-order valence-corrected chi connectivity index (χ0v) is 29.2. The zero-order chi connectivity index (χ0) is 33.5. The molecule has 2 amide bonds. The van der Waals surface area contributed by atoms with Crippen LogP contribution in [0.4, 0.5) is 4.79 Å². The number of aliphatic hydroxyl groups excluding tert-OH is 1. The third-order valence-electron chi connectivity index (χ3n) is 7.26. The van der Waals surface area contributed by atoms with Crippen molar-refractivity contribution in [2.75, 3.05) is 40.5 Å². The monoisotopic (exact) mass is 623 g/mol. The van der Waals surface area contributed by atoms with Gasteiger partial charge in [-0.15, -0.1) is 0 Å². The van der Waals surface area contributed by atoms with Gasteiger partial charge in [-0.05, 0) is 90.3 Å². The molecule has 0 spiro atoms. The maximum Gasteiger partial charge on any atom is 0.407 e. The predicted octanol–water partition coefficient (Wildman–Crippen LogP) is 5.10. The first-order valence-corrected chi connectivity index (χ1v) is 15.9. The number of aliphatic hydroxyl groups is 1. The number of ether oxygens (including phenoxy) is 4. The van der Waals surface area contributed by atoms with E-state index in [-0.39, 0.29) is 29.7 Å². The summed E-state index contributed by atoms with van der Waals surface area (Å²) in [5.41, 5.74) is 0.340. The molecule has 0 radical (unpaired) electrons. The highest BCUT2D eigenvalue weighted by molar-refractivity contribution is 5.78. The standard InChI is InChI=1S/C34H61N3O7/c1-23(2)26(20-25-13-14-29(42-11)30(21-25)43-18-12-17-41-10)22-27(37-32(40)44-34(7,8)9)28(38)19-24(3)31(39)35-15-16-36-33(4,5)6/h13-14,21,23-24,26-28,36,38H,12,15-20,22H2,1-11H3,(H,35,39)(H,37,40)/t24-,26+,27+,28+/m1/s1. The fourth-order valence-corrected chi connectivity index (χ4v) is 4.77. The van der Waals surface area contributed by atoms with Crippen molar-refractivity contribution in [1.29, 1.82) is 0 Å². The molecule has 0 aliphatic rings. The van der Waals surface area contributed by atoms with Crippen LogP contribution < -0.4 is 25.4 Å². The van der Waals surface area contributed by atoms with Gasteiger partial charge in [-0.1, -0.05) is 26.8 Å². The maximum absolute atomic E-state index is 12.9. The van der Waals surface area contributed by atoms with Gasteiger partial charge in [0.2, 0.25) is 5.91 Å². The molecule has 254 valence electrons. The Bertz CT molecular complexity index is 988. The summed E-state index contributed by atoms with van der Waals surface area (Å²) >= 11 is 0. The lowest BCUT2D eigenvalue weighted by Crippen LogP contribution is -2.48. The lowest BCUT2D eigenvalue weighted by atomic mass is 9.82. The van der Waals surface area contributed by atoms with E-state index in [1.165, 1.54) is 0 Å². The third kappa shape index (κ3) is 16.5. The molecule has 1 aromatic rings. The molecule has 10 nitrogen and oxygen atoms in total. The van der Waals surface area contributed by atoms with Gasteiger partial charge in [-0.25, -0.2) is 4.79 Å². The average molecular weight is 624 g/mol. The lowest BCUT2D eigenvalue weighted by Gasteiger charge is -2.32. The number of benzene rings is 1. The summed E-state index contributed by atoms with van der Waals surface area (Å²) in [6, 6.07) is 5.30. The fraction of sp³-hybridized carbons (Fsp3) is 0.765. The minimum Gasteiger partial charge on any atom is -0.493 e. The summed E-state index contributed by atoms with van der Waals surface area (Å²) in [5.74, 6) is 1.10. The summed E-state index contributed by atoms with van der Waals surface area (Å²) in [7, 11) is 3.28. The van der Waals surface area contributed by atoms with Crippen LogP contribution in [-0.4, -0.2) is 80.9 Å². The molecule has 0 heterocycles. The number of hydrogen-bond acceptors (Lipinski definition) is 8. The van der Waals surface area contributed by atoms with Crippen LogP contribution in [0, 0.1) is 17.8 Å². The van der Waals surface area contributed by atoms with E-state index in [4.69, 9.17) is 18.9 Å². The maximum atomic E-state index is 12.9. The van der Waals surface area contributed by atoms with Crippen molar-refractivity contribution in [3.63, 3.8) is 0 Å². The Morgan fingerprint density at radius 3 is 2.18 bits per heavy atom. The first-order valence-electron chi connectivity index (χ1n) is 15.9. The second-order valence-electron chi connectivity index (χ2n) is 14.0. The molecular weight excluding hydrogens is 562 g/mol. The van der Waals surface area contributed by atoms with Crippen molar-refractivity contribution in [3.05, 3.63) is 23.8 Å². The second kappa shape index (κ2) is 19.1. The number of amides is 2. The molecule has 44 heavy (non-hydrogen) atoms. The number of carbonyl (C=O) groups excluding carboxylic acids is 2. The average Bonchev–Trinajstić information content (AvgIpc) is 2.90. The van der Waals surface area contributed by atoms with Gasteiger partial charge in [-0.3, -0.25) is 4.79 Å². The SMILES string of the molecule is COCCCOc1cc(C[C@@H](C[C@H](NC(=O)OC(C)(C)C)[C@@H](O)C[C@@H](C)C(=O)NCCNC(C)(C)C)C(C)C)ccc1OC. The van der Waals surface area contributed by atoms with Gasteiger partial charge < -0.3 is 40.0 Å². The van der Waals surface area contributed by atoms with E-state index in [1.807, 2.05) is 18.2 Å².